The maximum atomic E-state index is 10.6. The highest BCUT2D eigenvalue weighted by molar-refractivity contribution is 5.83. The second-order valence-corrected chi connectivity index (χ2v) is 2.31. The molecule has 56 valence electrons. The summed E-state index contributed by atoms with van der Waals surface area (Å²) in [6.45, 7) is 1.91. The van der Waals surface area contributed by atoms with E-state index in [0.29, 0.717) is 6.42 Å². The zero-order valence-electron chi connectivity index (χ0n) is 5.83. The Hall–Kier alpha value is -0.990. The Labute approximate surface area is 59.3 Å². The molecule has 3 heteroatoms. The standard InChI is InChI=1S/C7H10O3/c1-2-6-3-5(8)4-7(9)10-6/h4,6,8H,2-3H2,1H3. The Morgan fingerprint density at radius 1 is 1.90 bits per heavy atom. The zero-order valence-corrected chi connectivity index (χ0v) is 5.83. The number of hydrogen-bond donors (Lipinski definition) is 1. The van der Waals surface area contributed by atoms with Crippen molar-refractivity contribution < 1.29 is 14.6 Å². The molecule has 0 spiro atoms. The van der Waals surface area contributed by atoms with Crippen molar-refractivity contribution in [2.45, 2.75) is 25.9 Å². The van der Waals surface area contributed by atoms with Gasteiger partial charge in [-0.3, -0.25) is 0 Å². The molecule has 0 aliphatic carbocycles. The van der Waals surface area contributed by atoms with E-state index in [1.807, 2.05) is 6.92 Å². The monoisotopic (exact) mass is 142 g/mol. The summed E-state index contributed by atoms with van der Waals surface area (Å²) in [5.41, 5.74) is 0. The van der Waals surface area contributed by atoms with Crippen molar-refractivity contribution in [2.75, 3.05) is 0 Å². The van der Waals surface area contributed by atoms with Gasteiger partial charge < -0.3 is 9.84 Å². The fourth-order valence-electron chi connectivity index (χ4n) is 0.896. The van der Waals surface area contributed by atoms with Gasteiger partial charge in [-0.1, -0.05) is 6.92 Å². The van der Waals surface area contributed by atoms with E-state index in [-0.39, 0.29) is 11.9 Å². The van der Waals surface area contributed by atoms with Crippen molar-refractivity contribution in [1.29, 1.82) is 0 Å². The lowest BCUT2D eigenvalue weighted by atomic mass is 10.1. The third-order valence-corrected chi connectivity index (χ3v) is 1.46. The predicted molar refractivity (Wildman–Crippen MR) is 35.5 cm³/mol. The summed E-state index contributed by atoms with van der Waals surface area (Å²) in [6, 6.07) is 0. The molecule has 1 heterocycles. The molecule has 1 N–H and O–H groups in total. The molecule has 0 aromatic carbocycles. The third-order valence-electron chi connectivity index (χ3n) is 1.46. The lowest BCUT2D eigenvalue weighted by Gasteiger charge is -2.18. The third kappa shape index (κ3) is 1.50. The van der Waals surface area contributed by atoms with Crippen LogP contribution >= 0.6 is 0 Å². The molecule has 0 fully saturated rings. The minimum absolute atomic E-state index is 0.127. The van der Waals surface area contributed by atoms with E-state index in [9.17, 15) is 4.79 Å². The lowest BCUT2D eigenvalue weighted by molar-refractivity contribution is -0.145. The average molecular weight is 142 g/mol. The molecular weight excluding hydrogens is 132 g/mol. The zero-order chi connectivity index (χ0) is 7.56. The summed E-state index contributed by atoms with van der Waals surface area (Å²) in [7, 11) is 0. The highest BCUT2D eigenvalue weighted by atomic mass is 16.5. The van der Waals surface area contributed by atoms with Crippen LogP contribution in [-0.2, 0) is 9.53 Å². The number of esters is 1. The van der Waals surface area contributed by atoms with Crippen molar-refractivity contribution >= 4 is 5.97 Å². The smallest absolute Gasteiger partial charge is 0.334 e. The summed E-state index contributed by atoms with van der Waals surface area (Å²) in [4.78, 5) is 10.6. The van der Waals surface area contributed by atoms with E-state index >= 15 is 0 Å². The van der Waals surface area contributed by atoms with Gasteiger partial charge >= 0.3 is 5.97 Å². The Balaban J connectivity index is 2.60. The van der Waals surface area contributed by atoms with Crippen LogP contribution in [0.1, 0.15) is 19.8 Å². The van der Waals surface area contributed by atoms with E-state index in [4.69, 9.17) is 9.84 Å². The molecule has 0 aromatic rings. The number of cyclic esters (lactones) is 1. The van der Waals surface area contributed by atoms with Gasteiger partial charge in [0.05, 0.1) is 6.08 Å². The maximum Gasteiger partial charge on any atom is 0.334 e. The number of carbonyl (C=O) groups is 1. The average Bonchev–Trinajstić information content (AvgIpc) is 1.85. The quantitative estimate of drug-likeness (QED) is 0.559. The summed E-state index contributed by atoms with van der Waals surface area (Å²) in [5.74, 6) is -0.307. The summed E-state index contributed by atoms with van der Waals surface area (Å²) >= 11 is 0. The van der Waals surface area contributed by atoms with Crippen LogP contribution in [-0.4, -0.2) is 17.2 Å². The minimum atomic E-state index is -0.435. The van der Waals surface area contributed by atoms with Crippen LogP contribution in [0.3, 0.4) is 0 Å². The van der Waals surface area contributed by atoms with Crippen LogP contribution in [0.5, 0.6) is 0 Å². The van der Waals surface area contributed by atoms with Crippen LogP contribution in [0, 0.1) is 0 Å². The predicted octanol–water partition coefficient (Wildman–Crippen LogP) is 1.15. The highest BCUT2D eigenvalue weighted by Crippen LogP contribution is 2.14. The van der Waals surface area contributed by atoms with E-state index in [2.05, 4.69) is 0 Å². The van der Waals surface area contributed by atoms with Gasteiger partial charge in [0, 0.05) is 6.42 Å². The Kier molecular flexibility index (Phi) is 1.94. The Morgan fingerprint density at radius 3 is 3.10 bits per heavy atom. The van der Waals surface area contributed by atoms with Crippen LogP contribution in [0.15, 0.2) is 11.8 Å². The molecule has 0 saturated carbocycles. The van der Waals surface area contributed by atoms with Gasteiger partial charge in [0.2, 0.25) is 0 Å². The van der Waals surface area contributed by atoms with Crippen LogP contribution in [0.2, 0.25) is 0 Å². The van der Waals surface area contributed by atoms with Gasteiger partial charge in [-0.2, -0.15) is 0 Å². The first-order valence-corrected chi connectivity index (χ1v) is 3.32. The van der Waals surface area contributed by atoms with E-state index in [0.717, 1.165) is 12.5 Å². The number of carbonyl (C=O) groups excluding carboxylic acids is 1. The van der Waals surface area contributed by atoms with E-state index < -0.39 is 5.97 Å². The first kappa shape index (κ1) is 7.12. The van der Waals surface area contributed by atoms with Crippen molar-refractivity contribution in [1.82, 2.24) is 0 Å². The molecule has 0 aromatic heterocycles. The fraction of sp³-hybridized carbons (Fsp3) is 0.571. The van der Waals surface area contributed by atoms with Gasteiger partial charge in [-0.25, -0.2) is 4.79 Å². The number of ether oxygens (including phenoxy) is 1. The summed E-state index contributed by atoms with van der Waals surface area (Å²) < 4.78 is 4.83. The van der Waals surface area contributed by atoms with Crippen molar-refractivity contribution in [3.8, 4) is 0 Å². The molecule has 0 saturated heterocycles. The SMILES string of the molecule is CCC1CC(O)=CC(=O)O1. The second-order valence-electron chi connectivity index (χ2n) is 2.31. The van der Waals surface area contributed by atoms with Crippen LogP contribution < -0.4 is 0 Å². The molecule has 10 heavy (non-hydrogen) atoms. The molecule has 1 aliphatic heterocycles. The van der Waals surface area contributed by atoms with Gasteiger partial charge in [-0.15, -0.1) is 0 Å². The largest absolute Gasteiger partial charge is 0.512 e. The first-order chi connectivity index (χ1) is 4.72. The number of hydrogen-bond acceptors (Lipinski definition) is 3. The van der Waals surface area contributed by atoms with Gasteiger partial charge in [0.1, 0.15) is 11.9 Å². The Morgan fingerprint density at radius 2 is 2.60 bits per heavy atom. The Bertz CT molecular complexity index is 172. The van der Waals surface area contributed by atoms with Crippen molar-refractivity contribution in [2.24, 2.45) is 0 Å². The molecular formula is C7H10O3. The number of rotatable bonds is 1. The van der Waals surface area contributed by atoms with Gasteiger partial charge in [0.25, 0.3) is 0 Å². The molecule has 0 radical (unpaired) electrons. The van der Waals surface area contributed by atoms with Crippen molar-refractivity contribution in [3.63, 3.8) is 0 Å². The van der Waals surface area contributed by atoms with Crippen molar-refractivity contribution in [3.05, 3.63) is 11.8 Å². The maximum absolute atomic E-state index is 10.6. The van der Waals surface area contributed by atoms with Gasteiger partial charge in [0.15, 0.2) is 0 Å². The van der Waals surface area contributed by atoms with Crippen LogP contribution in [0.4, 0.5) is 0 Å². The molecule has 0 amide bonds. The number of aliphatic hydroxyl groups is 1. The van der Waals surface area contributed by atoms with E-state index in [1.165, 1.54) is 0 Å². The molecule has 1 unspecified atom stereocenters. The fourth-order valence-corrected chi connectivity index (χ4v) is 0.896. The highest BCUT2D eigenvalue weighted by Gasteiger charge is 2.18. The van der Waals surface area contributed by atoms with Gasteiger partial charge in [-0.05, 0) is 6.42 Å². The lowest BCUT2D eigenvalue weighted by Crippen LogP contribution is -2.21. The minimum Gasteiger partial charge on any atom is -0.512 e. The van der Waals surface area contributed by atoms with E-state index in [1.54, 1.807) is 0 Å². The molecule has 1 rings (SSSR count). The number of aliphatic hydroxyl groups excluding tert-OH is 1. The molecule has 3 nitrogen and oxygen atoms in total. The molecule has 1 aliphatic rings. The first-order valence-electron chi connectivity index (χ1n) is 3.32. The normalized spacial score (nSPS) is 25.5. The summed E-state index contributed by atoms with van der Waals surface area (Å²) in [5, 5.41) is 8.94. The van der Waals surface area contributed by atoms with Crippen LogP contribution in [0.25, 0.3) is 0 Å². The molecule has 0 bridgehead atoms. The topological polar surface area (TPSA) is 46.5 Å². The summed E-state index contributed by atoms with van der Waals surface area (Å²) in [6.07, 6.45) is 2.20. The molecule has 1 atom stereocenters. The second kappa shape index (κ2) is 2.73.